The van der Waals surface area contributed by atoms with Crippen molar-refractivity contribution in [1.82, 2.24) is 5.32 Å². The van der Waals surface area contributed by atoms with E-state index in [1.54, 1.807) is 0 Å². The topological polar surface area (TPSA) is 94.1 Å². The summed E-state index contributed by atoms with van der Waals surface area (Å²) in [6, 6.07) is 16.6. The molecule has 0 radical (unpaired) electrons. The van der Waals surface area contributed by atoms with Crippen molar-refractivity contribution < 1.29 is 28.9 Å². The number of nitrogens with one attached hydrogen (secondary N) is 1. The SMILES string of the molecule is O=C(O)C=CC(=O)OC(CNC1CC1)COc1ccc2c(c1)OCC(c1ccccc1)C2. The third kappa shape index (κ3) is 6.34. The van der Waals surface area contributed by atoms with E-state index in [0.717, 1.165) is 42.7 Å². The van der Waals surface area contributed by atoms with E-state index in [0.29, 0.717) is 30.9 Å². The quantitative estimate of drug-likeness (QED) is 0.436. The van der Waals surface area contributed by atoms with Crippen LogP contribution >= 0.6 is 0 Å². The molecule has 168 valence electrons. The molecule has 0 spiro atoms. The van der Waals surface area contributed by atoms with E-state index in [9.17, 15) is 9.59 Å². The first-order valence-electron chi connectivity index (χ1n) is 10.9. The van der Waals surface area contributed by atoms with Gasteiger partial charge in [-0.1, -0.05) is 36.4 Å². The number of esters is 1. The summed E-state index contributed by atoms with van der Waals surface area (Å²) in [6.07, 6.45) is 4.24. The predicted molar refractivity (Wildman–Crippen MR) is 118 cm³/mol. The molecule has 2 aromatic rings. The molecule has 32 heavy (non-hydrogen) atoms. The Labute approximate surface area is 187 Å². The number of ether oxygens (including phenoxy) is 3. The summed E-state index contributed by atoms with van der Waals surface area (Å²) in [5.41, 5.74) is 2.40. The maximum absolute atomic E-state index is 11.9. The standard InChI is InChI=1S/C25H27NO6/c27-24(28)10-11-25(29)32-22(14-26-20-7-8-20)16-30-21-9-6-18-12-19(15-31-23(18)13-21)17-4-2-1-3-5-17/h1-6,9-11,13,19-20,22,26H,7-8,12,14-16H2,(H,27,28). The number of carboxylic acids is 1. The summed E-state index contributed by atoms with van der Waals surface area (Å²) < 4.78 is 17.3. The fraction of sp³-hybridized carbons (Fsp3) is 0.360. The van der Waals surface area contributed by atoms with E-state index in [1.165, 1.54) is 5.56 Å². The van der Waals surface area contributed by atoms with Gasteiger partial charge in [0, 0.05) is 36.7 Å². The van der Waals surface area contributed by atoms with Crippen molar-refractivity contribution in [3.8, 4) is 11.5 Å². The lowest BCUT2D eigenvalue weighted by atomic mass is 9.90. The van der Waals surface area contributed by atoms with Crippen LogP contribution in [-0.2, 0) is 20.7 Å². The molecule has 2 atom stereocenters. The molecule has 4 rings (SSSR count). The average molecular weight is 437 g/mol. The van der Waals surface area contributed by atoms with E-state index in [1.807, 2.05) is 36.4 Å². The Kier molecular flexibility index (Phi) is 7.07. The average Bonchev–Trinajstić information content (AvgIpc) is 3.64. The third-order valence-corrected chi connectivity index (χ3v) is 5.51. The molecule has 0 bridgehead atoms. The van der Waals surface area contributed by atoms with E-state index in [4.69, 9.17) is 19.3 Å². The predicted octanol–water partition coefficient (Wildman–Crippen LogP) is 3.09. The van der Waals surface area contributed by atoms with Gasteiger partial charge in [-0.3, -0.25) is 0 Å². The molecule has 1 aliphatic carbocycles. The maximum Gasteiger partial charge on any atom is 0.331 e. The summed E-state index contributed by atoms with van der Waals surface area (Å²) in [7, 11) is 0. The minimum atomic E-state index is -1.20. The molecule has 1 fully saturated rings. The Morgan fingerprint density at radius 3 is 2.72 bits per heavy atom. The van der Waals surface area contributed by atoms with Crippen LogP contribution in [0.5, 0.6) is 11.5 Å². The molecule has 1 heterocycles. The maximum atomic E-state index is 11.9. The van der Waals surface area contributed by atoms with Crippen LogP contribution in [0.15, 0.2) is 60.7 Å². The van der Waals surface area contributed by atoms with Crippen LogP contribution in [0.1, 0.15) is 29.9 Å². The van der Waals surface area contributed by atoms with Gasteiger partial charge in [-0.05, 0) is 36.5 Å². The summed E-state index contributed by atoms with van der Waals surface area (Å²) in [5, 5.41) is 12.0. The second-order valence-corrected chi connectivity index (χ2v) is 8.12. The van der Waals surface area contributed by atoms with Gasteiger partial charge >= 0.3 is 11.9 Å². The highest BCUT2D eigenvalue weighted by Gasteiger charge is 2.24. The molecule has 1 saturated carbocycles. The highest BCUT2D eigenvalue weighted by molar-refractivity contribution is 5.90. The molecular weight excluding hydrogens is 410 g/mol. The van der Waals surface area contributed by atoms with Gasteiger partial charge in [0.05, 0.1) is 6.61 Å². The van der Waals surface area contributed by atoms with E-state index >= 15 is 0 Å². The second-order valence-electron chi connectivity index (χ2n) is 8.12. The zero-order chi connectivity index (χ0) is 22.3. The van der Waals surface area contributed by atoms with Crippen molar-refractivity contribution in [2.75, 3.05) is 19.8 Å². The highest BCUT2D eigenvalue weighted by atomic mass is 16.6. The molecule has 0 amide bonds. The lowest BCUT2D eigenvalue weighted by Crippen LogP contribution is -2.36. The Hall–Kier alpha value is -3.32. The van der Waals surface area contributed by atoms with Crippen molar-refractivity contribution in [2.45, 2.75) is 37.3 Å². The smallest absolute Gasteiger partial charge is 0.331 e. The molecule has 7 nitrogen and oxygen atoms in total. The molecule has 0 aromatic heterocycles. The van der Waals surface area contributed by atoms with Crippen molar-refractivity contribution in [3.05, 3.63) is 71.8 Å². The molecule has 7 heteroatoms. The second kappa shape index (κ2) is 10.3. The van der Waals surface area contributed by atoms with Crippen molar-refractivity contribution in [1.29, 1.82) is 0 Å². The van der Waals surface area contributed by atoms with Gasteiger partial charge in [-0.2, -0.15) is 0 Å². The summed E-state index contributed by atoms with van der Waals surface area (Å²) in [4.78, 5) is 22.5. The molecule has 2 unspecified atom stereocenters. The van der Waals surface area contributed by atoms with Gasteiger partial charge in [-0.25, -0.2) is 9.59 Å². The lowest BCUT2D eigenvalue weighted by molar-refractivity contribution is -0.144. The summed E-state index contributed by atoms with van der Waals surface area (Å²) in [6.45, 7) is 1.21. The highest BCUT2D eigenvalue weighted by Crippen LogP contribution is 2.34. The van der Waals surface area contributed by atoms with Gasteiger partial charge in [0.15, 0.2) is 0 Å². The van der Waals surface area contributed by atoms with Gasteiger partial charge < -0.3 is 24.6 Å². The minimum Gasteiger partial charge on any atom is -0.493 e. The normalized spacial score (nSPS) is 18.4. The number of carbonyl (C=O) groups excluding carboxylic acids is 1. The van der Waals surface area contributed by atoms with Crippen LogP contribution in [-0.4, -0.2) is 48.9 Å². The third-order valence-electron chi connectivity index (χ3n) is 5.51. The van der Waals surface area contributed by atoms with Crippen molar-refractivity contribution in [2.24, 2.45) is 0 Å². The Morgan fingerprint density at radius 2 is 1.97 bits per heavy atom. The summed E-state index contributed by atoms with van der Waals surface area (Å²) in [5.74, 6) is -0.139. The van der Waals surface area contributed by atoms with Gasteiger partial charge in [0.1, 0.15) is 24.2 Å². The Morgan fingerprint density at radius 1 is 1.16 bits per heavy atom. The zero-order valence-electron chi connectivity index (χ0n) is 17.7. The fourth-order valence-electron chi connectivity index (χ4n) is 3.63. The van der Waals surface area contributed by atoms with E-state index < -0.39 is 18.0 Å². The lowest BCUT2D eigenvalue weighted by Gasteiger charge is -2.26. The minimum absolute atomic E-state index is 0.151. The number of carboxylic acid groups (broad SMARTS) is 1. The molecule has 2 N–H and O–H groups in total. The van der Waals surface area contributed by atoms with E-state index in [-0.39, 0.29) is 6.61 Å². The van der Waals surface area contributed by atoms with Gasteiger partial charge in [-0.15, -0.1) is 0 Å². The van der Waals surface area contributed by atoms with Crippen LogP contribution in [0.25, 0.3) is 0 Å². The number of aliphatic carboxylic acids is 1. The van der Waals surface area contributed by atoms with Crippen LogP contribution in [0.3, 0.4) is 0 Å². The molecular formula is C25H27NO6. The first kappa shape index (κ1) is 21.9. The monoisotopic (exact) mass is 437 g/mol. The number of benzene rings is 2. The number of rotatable bonds is 10. The van der Waals surface area contributed by atoms with Crippen LogP contribution in [0, 0.1) is 0 Å². The number of fused-ring (bicyclic) bond motifs is 1. The molecule has 1 aliphatic heterocycles. The number of carbonyl (C=O) groups is 2. The summed E-state index contributed by atoms with van der Waals surface area (Å²) >= 11 is 0. The van der Waals surface area contributed by atoms with Gasteiger partial charge in [0.2, 0.25) is 0 Å². The first-order chi connectivity index (χ1) is 15.6. The molecule has 0 saturated heterocycles. The van der Waals surface area contributed by atoms with Crippen LogP contribution in [0.2, 0.25) is 0 Å². The first-order valence-corrected chi connectivity index (χ1v) is 10.9. The van der Waals surface area contributed by atoms with Crippen molar-refractivity contribution >= 4 is 11.9 Å². The number of hydrogen-bond donors (Lipinski definition) is 2. The molecule has 2 aromatic carbocycles. The largest absolute Gasteiger partial charge is 0.493 e. The van der Waals surface area contributed by atoms with Gasteiger partial charge in [0.25, 0.3) is 0 Å². The van der Waals surface area contributed by atoms with E-state index in [2.05, 4.69) is 17.4 Å². The van der Waals surface area contributed by atoms with Crippen molar-refractivity contribution in [3.63, 3.8) is 0 Å². The fourth-order valence-corrected chi connectivity index (χ4v) is 3.63. The van der Waals surface area contributed by atoms with Crippen LogP contribution in [0.4, 0.5) is 0 Å². The Balaban J connectivity index is 1.34. The zero-order valence-corrected chi connectivity index (χ0v) is 17.7. The molecule has 2 aliphatic rings. The Bertz CT molecular complexity index is 970. The number of hydrogen-bond acceptors (Lipinski definition) is 6. The van der Waals surface area contributed by atoms with Crippen LogP contribution < -0.4 is 14.8 Å².